The number of benzene rings is 3. The molecule has 5 nitrogen and oxygen atoms in total. The van der Waals surface area contributed by atoms with Crippen LogP contribution in [0.2, 0.25) is 0 Å². The average Bonchev–Trinajstić information content (AvgIpc) is 2.73. The Morgan fingerprint density at radius 3 is 2.33 bits per heavy atom. The second kappa shape index (κ2) is 8.71. The van der Waals surface area contributed by atoms with Crippen molar-refractivity contribution in [1.29, 1.82) is 0 Å². The number of aryl methyl sites for hydroxylation is 2. The lowest BCUT2D eigenvalue weighted by molar-refractivity contribution is 0.0939. The maximum Gasteiger partial charge on any atom is 0.264 e. The van der Waals surface area contributed by atoms with Crippen molar-refractivity contribution < 1.29 is 13.2 Å². The van der Waals surface area contributed by atoms with E-state index in [1.165, 1.54) is 23.5 Å². The summed E-state index contributed by atoms with van der Waals surface area (Å²) >= 11 is 0. The van der Waals surface area contributed by atoms with Gasteiger partial charge < -0.3 is 5.32 Å². The third kappa shape index (κ3) is 4.54. The monoisotopic (exact) mass is 422 g/mol. The molecule has 0 heterocycles. The average molecular weight is 423 g/mol. The summed E-state index contributed by atoms with van der Waals surface area (Å²) in [6, 6.07) is 21.0. The minimum absolute atomic E-state index is 0.0719. The maximum absolute atomic E-state index is 13.1. The van der Waals surface area contributed by atoms with Gasteiger partial charge in [0.1, 0.15) is 0 Å². The van der Waals surface area contributed by atoms with Crippen LogP contribution < -0.4 is 9.62 Å². The molecular weight excluding hydrogens is 396 g/mol. The first kappa shape index (κ1) is 21.6. The summed E-state index contributed by atoms with van der Waals surface area (Å²) in [6.07, 6.45) is 0. The van der Waals surface area contributed by atoms with E-state index in [0.29, 0.717) is 11.3 Å². The van der Waals surface area contributed by atoms with Crippen LogP contribution in [0.4, 0.5) is 5.69 Å². The predicted molar refractivity (Wildman–Crippen MR) is 120 cm³/mol. The van der Waals surface area contributed by atoms with E-state index in [4.69, 9.17) is 0 Å². The zero-order valence-corrected chi connectivity index (χ0v) is 18.4. The molecule has 0 bridgehead atoms. The number of hydrogen-bond acceptors (Lipinski definition) is 3. The van der Waals surface area contributed by atoms with E-state index in [1.807, 2.05) is 57.2 Å². The van der Waals surface area contributed by atoms with E-state index in [0.717, 1.165) is 16.7 Å². The lowest BCUT2D eigenvalue weighted by Crippen LogP contribution is -2.29. The summed E-state index contributed by atoms with van der Waals surface area (Å²) in [5.41, 5.74) is 3.94. The molecule has 1 N–H and O–H groups in total. The quantitative estimate of drug-likeness (QED) is 0.630. The summed E-state index contributed by atoms with van der Waals surface area (Å²) in [4.78, 5) is 12.9. The molecule has 3 rings (SSSR count). The van der Waals surface area contributed by atoms with Crippen LogP contribution in [-0.2, 0) is 10.0 Å². The van der Waals surface area contributed by atoms with Gasteiger partial charge in [-0.05, 0) is 67.8 Å². The van der Waals surface area contributed by atoms with Crippen molar-refractivity contribution in [3.8, 4) is 0 Å². The molecular formula is C24H26N2O3S. The van der Waals surface area contributed by atoms with Gasteiger partial charge >= 0.3 is 0 Å². The summed E-state index contributed by atoms with van der Waals surface area (Å²) in [5.74, 6) is -0.319. The smallest absolute Gasteiger partial charge is 0.264 e. The van der Waals surface area contributed by atoms with E-state index in [1.54, 1.807) is 24.3 Å². The third-order valence-corrected chi connectivity index (χ3v) is 6.90. The van der Waals surface area contributed by atoms with Crippen molar-refractivity contribution >= 4 is 21.6 Å². The van der Waals surface area contributed by atoms with Crippen LogP contribution in [0.25, 0.3) is 0 Å². The first-order valence-electron chi connectivity index (χ1n) is 9.72. The molecule has 30 heavy (non-hydrogen) atoms. The minimum Gasteiger partial charge on any atom is -0.346 e. The Balaban J connectivity index is 1.84. The van der Waals surface area contributed by atoms with E-state index < -0.39 is 10.0 Å². The molecule has 3 aromatic rings. The van der Waals surface area contributed by atoms with E-state index in [9.17, 15) is 13.2 Å². The number of rotatable bonds is 6. The van der Waals surface area contributed by atoms with Crippen LogP contribution in [0.1, 0.15) is 40.0 Å². The molecule has 0 saturated carbocycles. The van der Waals surface area contributed by atoms with Crippen LogP contribution >= 0.6 is 0 Å². The van der Waals surface area contributed by atoms with E-state index >= 15 is 0 Å². The van der Waals surface area contributed by atoms with E-state index in [-0.39, 0.29) is 16.8 Å². The second-order valence-electron chi connectivity index (χ2n) is 7.39. The highest BCUT2D eigenvalue weighted by Crippen LogP contribution is 2.24. The number of hydrogen-bond donors (Lipinski definition) is 1. The number of carbonyl (C=O) groups excluding carboxylic acids is 1. The zero-order valence-electron chi connectivity index (χ0n) is 17.6. The maximum atomic E-state index is 13.1. The second-order valence-corrected chi connectivity index (χ2v) is 9.36. The zero-order chi connectivity index (χ0) is 21.9. The molecule has 3 aromatic carbocycles. The van der Waals surface area contributed by atoms with Crippen molar-refractivity contribution in [3.05, 3.63) is 95.1 Å². The van der Waals surface area contributed by atoms with Crippen molar-refractivity contribution in [2.24, 2.45) is 0 Å². The van der Waals surface area contributed by atoms with Crippen LogP contribution in [0.3, 0.4) is 0 Å². The van der Waals surface area contributed by atoms with E-state index in [2.05, 4.69) is 5.32 Å². The minimum atomic E-state index is -3.80. The molecule has 156 valence electrons. The van der Waals surface area contributed by atoms with Crippen LogP contribution in [-0.4, -0.2) is 21.4 Å². The van der Waals surface area contributed by atoms with Gasteiger partial charge in [0.05, 0.1) is 16.6 Å². The normalized spacial score (nSPS) is 12.3. The van der Waals surface area contributed by atoms with Crippen LogP contribution in [0, 0.1) is 13.8 Å². The summed E-state index contributed by atoms with van der Waals surface area (Å²) in [6.45, 7) is 5.81. The first-order chi connectivity index (χ1) is 14.2. The highest BCUT2D eigenvalue weighted by atomic mass is 32.2. The molecule has 0 unspecified atom stereocenters. The van der Waals surface area contributed by atoms with Crippen molar-refractivity contribution in [1.82, 2.24) is 5.32 Å². The van der Waals surface area contributed by atoms with Crippen LogP contribution in [0.15, 0.2) is 77.7 Å². The Morgan fingerprint density at radius 2 is 1.63 bits per heavy atom. The number of sulfonamides is 1. The van der Waals surface area contributed by atoms with Gasteiger partial charge in [-0.2, -0.15) is 0 Å². The molecule has 1 atom stereocenters. The topological polar surface area (TPSA) is 66.5 Å². The Hall–Kier alpha value is -3.12. The standard InChI is InChI=1S/C24H26N2O3S/c1-17-9-7-12-21(15-17)26(4)30(28,29)22-13-8-11-20(16-22)24(27)25-19(3)23-14-6-5-10-18(23)2/h5-16,19H,1-4H3,(H,25,27)/t19-/m0/s1. The molecule has 0 aliphatic rings. The molecule has 0 aliphatic heterocycles. The van der Waals surface area contributed by atoms with Crippen LogP contribution in [0.5, 0.6) is 0 Å². The number of amides is 1. The molecule has 0 radical (unpaired) electrons. The Labute approximate surface area is 178 Å². The third-order valence-electron chi connectivity index (χ3n) is 5.12. The van der Waals surface area contributed by atoms with Gasteiger partial charge in [-0.1, -0.05) is 42.5 Å². The van der Waals surface area contributed by atoms with Gasteiger partial charge in [0, 0.05) is 12.6 Å². The van der Waals surface area contributed by atoms with Gasteiger partial charge in [-0.3, -0.25) is 9.10 Å². The van der Waals surface area contributed by atoms with Crippen molar-refractivity contribution in [2.75, 3.05) is 11.4 Å². The van der Waals surface area contributed by atoms with Gasteiger partial charge in [0.15, 0.2) is 0 Å². The predicted octanol–water partition coefficient (Wildman–Crippen LogP) is 4.62. The number of carbonyl (C=O) groups is 1. The molecule has 0 fully saturated rings. The fraction of sp³-hybridized carbons (Fsp3) is 0.208. The van der Waals surface area contributed by atoms with Gasteiger partial charge in [0.2, 0.25) is 0 Å². The summed E-state index contributed by atoms with van der Waals surface area (Å²) < 4.78 is 27.4. The molecule has 0 aliphatic carbocycles. The molecule has 6 heteroatoms. The van der Waals surface area contributed by atoms with Gasteiger partial charge in [-0.25, -0.2) is 8.42 Å². The fourth-order valence-corrected chi connectivity index (χ4v) is 4.58. The lowest BCUT2D eigenvalue weighted by Gasteiger charge is -2.20. The molecule has 0 aromatic heterocycles. The Kier molecular flexibility index (Phi) is 6.27. The van der Waals surface area contributed by atoms with Gasteiger partial charge in [0.25, 0.3) is 15.9 Å². The Bertz CT molecular complexity index is 1170. The molecule has 1 amide bonds. The summed E-state index contributed by atoms with van der Waals surface area (Å²) in [7, 11) is -2.29. The number of anilines is 1. The van der Waals surface area contributed by atoms with Crippen molar-refractivity contribution in [3.63, 3.8) is 0 Å². The fourth-order valence-electron chi connectivity index (χ4n) is 3.35. The highest BCUT2D eigenvalue weighted by molar-refractivity contribution is 7.92. The molecule has 0 saturated heterocycles. The summed E-state index contributed by atoms with van der Waals surface area (Å²) in [5, 5.41) is 2.95. The largest absolute Gasteiger partial charge is 0.346 e. The SMILES string of the molecule is Cc1cccc(N(C)S(=O)(=O)c2cccc(C(=O)N[C@@H](C)c3ccccc3C)c2)c1. The first-order valence-corrected chi connectivity index (χ1v) is 11.2. The highest BCUT2D eigenvalue weighted by Gasteiger charge is 2.23. The number of nitrogens with zero attached hydrogens (tertiary/aromatic N) is 1. The number of nitrogens with one attached hydrogen (secondary N) is 1. The van der Waals surface area contributed by atoms with Gasteiger partial charge in [-0.15, -0.1) is 0 Å². The van der Waals surface area contributed by atoms with Crippen molar-refractivity contribution in [2.45, 2.75) is 31.7 Å². The molecule has 0 spiro atoms. The Morgan fingerprint density at radius 1 is 0.933 bits per heavy atom. The lowest BCUT2D eigenvalue weighted by atomic mass is 10.0.